The van der Waals surface area contributed by atoms with Crippen LogP contribution in [-0.2, 0) is 10.0 Å². The molecular formula is C12H8BrClF2N2O2S. The fraction of sp³-hybridized carbons (Fsp3) is 0. The lowest BCUT2D eigenvalue weighted by molar-refractivity contribution is 0.572. The molecule has 2 aromatic carbocycles. The smallest absolute Gasteiger partial charge is 0.264 e. The van der Waals surface area contributed by atoms with Crippen molar-refractivity contribution in [2.24, 2.45) is 0 Å². The fourth-order valence-electron chi connectivity index (χ4n) is 1.52. The number of hydrogen-bond donors (Lipinski definition) is 2. The summed E-state index contributed by atoms with van der Waals surface area (Å²) in [4.78, 5) is -0.697. The number of nitrogens with two attached hydrogens (primary N) is 1. The molecule has 2 rings (SSSR count). The van der Waals surface area contributed by atoms with E-state index in [9.17, 15) is 17.2 Å². The van der Waals surface area contributed by atoms with Gasteiger partial charge in [-0.3, -0.25) is 4.72 Å². The lowest BCUT2D eigenvalue weighted by Gasteiger charge is -2.12. The zero-order valence-electron chi connectivity index (χ0n) is 10.2. The normalized spacial score (nSPS) is 11.4. The molecule has 0 saturated heterocycles. The summed E-state index contributed by atoms with van der Waals surface area (Å²) in [5, 5.41) is -0.0478. The van der Waals surface area contributed by atoms with Crippen LogP contribution in [0.15, 0.2) is 39.7 Å². The Kier molecular flexibility index (Phi) is 4.40. The van der Waals surface area contributed by atoms with Crippen LogP contribution in [0.2, 0.25) is 5.02 Å². The molecule has 2 aromatic rings. The second-order valence-electron chi connectivity index (χ2n) is 4.01. The number of rotatable bonds is 3. The van der Waals surface area contributed by atoms with Gasteiger partial charge in [-0.2, -0.15) is 0 Å². The highest BCUT2D eigenvalue weighted by molar-refractivity contribution is 9.10. The number of benzene rings is 2. The Bertz CT molecular complexity index is 798. The standard InChI is InChI=1S/C12H8BrClF2N2O2S/c13-10-8(14)5-9(11(16)12(10)17)21(19,20)18-7-3-1-6(15)2-4-7/h1-5,18H,17H2. The minimum atomic E-state index is -4.25. The first-order valence-corrected chi connectivity index (χ1v) is 8.09. The van der Waals surface area contributed by atoms with Crippen molar-refractivity contribution in [3.63, 3.8) is 0 Å². The van der Waals surface area contributed by atoms with Crippen LogP contribution in [0.25, 0.3) is 0 Å². The van der Waals surface area contributed by atoms with E-state index in [-0.39, 0.29) is 15.2 Å². The number of nitrogen functional groups attached to an aromatic ring is 1. The molecule has 0 bridgehead atoms. The Labute approximate surface area is 133 Å². The molecule has 0 amide bonds. The average molecular weight is 398 g/mol. The van der Waals surface area contributed by atoms with Gasteiger partial charge in [0.2, 0.25) is 0 Å². The molecular weight excluding hydrogens is 390 g/mol. The summed E-state index contributed by atoms with van der Waals surface area (Å²) < 4.78 is 53.3. The van der Waals surface area contributed by atoms with Gasteiger partial charge in [0.25, 0.3) is 10.0 Å². The van der Waals surface area contributed by atoms with Crippen LogP contribution >= 0.6 is 27.5 Å². The number of sulfonamides is 1. The Hall–Kier alpha value is -1.38. The Morgan fingerprint density at radius 1 is 1.19 bits per heavy atom. The van der Waals surface area contributed by atoms with Gasteiger partial charge in [0.15, 0.2) is 5.82 Å². The molecule has 0 radical (unpaired) electrons. The lowest BCUT2D eigenvalue weighted by Crippen LogP contribution is -2.15. The zero-order chi connectivity index (χ0) is 15.8. The Morgan fingerprint density at radius 2 is 1.76 bits per heavy atom. The first kappa shape index (κ1) is 16.0. The van der Waals surface area contributed by atoms with E-state index in [1.807, 2.05) is 0 Å². The highest BCUT2D eigenvalue weighted by atomic mass is 79.9. The molecule has 0 fully saturated rings. The van der Waals surface area contributed by atoms with E-state index in [0.29, 0.717) is 0 Å². The minimum Gasteiger partial charge on any atom is -0.395 e. The third kappa shape index (κ3) is 3.28. The van der Waals surface area contributed by atoms with E-state index in [1.54, 1.807) is 0 Å². The fourth-order valence-corrected chi connectivity index (χ4v) is 3.26. The van der Waals surface area contributed by atoms with Crippen molar-refractivity contribution in [3.05, 3.63) is 51.5 Å². The third-order valence-corrected chi connectivity index (χ3v) is 5.30. The van der Waals surface area contributed by atoms with Crippen LogP contribution in [-0.4, -0.2) is 8.42 Å². The second kappa shape index (κ2) is 5.78. The van der Waals surface area contributed by atoms with Crippen molar-refractivity contribution in [2.45, 2.75) is 4.90 Å². The van der Waals surface area contributed by atoms with Crippen molar-refractivity contribution in [1.82, 2.24) is 0 Å². The van der Waals surface area contributed by atoms with Gasteiger partial charge in [-0.25, -0.2) is 17.2 Å². The molecule has 0 spiro atoms. The average Bonchev–Trinajstić information content (AvgIpc) is 2.42. The van der Waals surface area contributed by atoms with E-state index in [1.165, 1.54) is 12.1 Å². The zero-order valence-corrected chi connectivity index (χ0v) is 13.4. The van der Waals surface area contributed by atoms with Crippen LogP contribution in [0.1, 0.15) is 0 Å². The molecule has 0 saturated carbocycles. The highest BCUT2D eigenvalue weighted by Gasteiger charge is 2.24. The molecule has 0 aromatic heterocycles. The maximum atomic E-state index is 14.0. The number of hydrogen-bond acceptors (Lipinski definition) is 3. The third-order valence-electron chi connectivity index (χ3n) is 2.54. The Balaban J connectivity index is 2.47. The van der Waals surface area contributed by atoms with Gasteiger partial charge in [-0.05, 0) is 46.3 Å². The SMILES string of the molecule is Nc1c(F)c(S(=O)(=O)Nc2ccc(F)cc2)cc(Cl)c1Br. The molecule has 0 atom stereocenters. The van der Waals surface area contributed by atoms with Crippen molar-refractivity contribution >= 4 is 48.9 Å². The van der Waals surface area contributed by atoms with Gasteiger partial charge in [-0.15, -0.1) is 0 Å². The second-order valence-corrected chi connectivity index (χ2v) is 6.86. The lowest BCUT2D eigenvalue weighted by atomic mass is 10.3. The van der Waals surface area contributed by atoms with Gasteiger partial charge < -0.3 is 5.73 Å². The van der Waals surface area contributed by atoms with Gasteiger partial charge in [-0.1, -0.05) is 11.6 Å². The van der Waals surface area contributed by atoms with Crippen molar-refractivity contribution < 1.29 is 17.2 Å². The summed E-state index contributed by atoms with van der Waals surface area (Å²) in [5.41, 5.74) is 5.11. The minimum absolute atomic E-state index is 0.0478. The molecule has 3 N–H and O–H groups in total. The molecule has 9 heteroatoms. The summed E-state index contributed by atoms with van der Waals surface area (Å²) in [7, 11) is -4.25. The number of anilines is 2. The van der Waals surface area contributed by atoms with E-state index in [0.717, 1.165) is 18.2 Å². The molecule has 4 nitrogen and oxygen atoms in total. The summed E-state index contributed by atoms with van der Waals surface area (Å²) in [5.74, 6) is -1.65. The van der Waals surface area contributed by atoms with Gasteiger partial charge in [0.1, 0.15) is 10.7 Å². The first-order valence-electron chi connectivity index (χ1n) is 5.43. The maximum Gasteiger partial charge on any atom is 0.264 e. The van der Waals surface area contributed by atoms with Gasteiger partial charge in [0.05, 0.1) is 15.2 Å². The summed E-state index contributed by atoms with van der Waals surface area (Å²) >= 11 is 8.74. The molecule has 21 heavy (non-hydrogen) atoms. The van der Waals surface area contributed by atoms with Gasteiger partial charge in [0, 0.05) is 5.69 Å². The Morgan fingerprint density at radius 3 is 2.33 bits per heavy atom. The van der Waals surface area contributed by atoms with Crippen molar-refractivity contribution in [1.29, 1.82) is 0 Å². The van der Waals surface area contributed by atoms with Gasteiger partial charge >= 0.3 is 0 Å². The van der Waals surface area contributed by atoms with E-state index >= 15 is 0 Å². The quantitative estimate of drug-likeness (QED) is 0.612. The van der Waals surface area contributed by atoms with Crippen LogP contribution < -0.4 is 10.5 Å². The van der Waals surface area contributed by atoms with Crippen molar-refractivity contribution in [2.75, 3.05) is 10.5 Å². The molecule has 0 aliphatic carbocycles. The first-order chi connectivity index (χ1) is 9.72. The predicted molar refractivity (Wildman–Crippen MR) is 80.7 cm³/mol. The van der Waals surface area contributed by atoms with Crippen molar-refractivity contribution in [3.8, 4) is 0 Å². The summed E-state index contributed by atoms with van der Waals surface area (Å²) in [6.07, 6.45) is 0. The van der Waals surface area contributed by atoms with E-state index in [4.69, 9.17) is 17.3 Å². The molecule has 0 aliphatic heterocycles. The number of halogens is 4. The molecule has 112 valence electrons. The molecule has 0 unspecified atom stereocenters. The summed E-state index contributed by atoms with van der Waals surface area (Å²) in [6.45, 7) is 0. The van der Waals surface area contributed by atoms with Crippen LogP contribution in [0.5, 0.6) is 0 Å². The highest BCUT2D eigenvalue weighted by Crippen LogP contribution is 2.35. The van der Waals surface area contributed by atoms with Crippen LogP contribution in [0.4, 0.5) is 20.2 Å². The number of nitrogens with one attached hydrogen (secondary N) is 1. The van der Waals surface area contributed by atoms with E-state index in [2.05, 4.69) is 20.7 Å². The summed E-state index contributed by atoms with van der Waals surface area (Å²) in [6, 6.07) is 5.47. The topological polar surface area (TPSA) is 72.2 Å². The molecule has 0 heterocycles. The predicted octanol–water partition coefficient (Wildman–Crippen LogP) is 3.76. The molecule has 0 aliphatic rings. The van der Waals surface area contributed by atoms with Crippen LogP contribution in [0, 0.1) is 11.6 Å². The largest absolute Gasteiger partial charge is 0.395 e. The van der Waals surface area contributed by atoms with Crippen LogP contribution in [0.3, 0.4) is 0 Å². The monoisotopic (exact) mass is 396 g/mol. The maximum absolute atomic E-state index is 14.0. The van der Waals surface area contributed by atoms with E-state index < -0.39 is 32.2 Å².